The quantitative estimate of drug-likeness (QED) is 0.771. The predicted molar refractivity (Wildman–Crippen MR) is 79.4 cm³/mol. The van der Waals surface area contributed by atoms with Gasteiger partial charge in [0.2, 0.25) is 5.91 Å². The van der Waals surface area contributed by atoms with Crippen LogP contribution in [-0.2, 0) is 10.2 Å². The molecular weight excluding hydrogens is 254 g/mol. The highest BCUT2D eigenvalue weighted by Crippen LogP contribution is 2.25. The van der Waals surface area contributed by atoms with E-state index < -0.39 is 12.2 Å². The molecule has 20 heavy (non-hydrogen) atoms. The first kappa shape index (κ1) is 16.7. The lowest BCUT2D eigenvalue weighted by Gasteiger charge is -2.22. The minimum absolute atomic E-state index is 0.0630. The van der Waals surface area contributed by atoms with Gasteiger partial charge < -0.3 is 15.5 Å². The van der Waals surface area contributed by atoms with E-state index in [0.29, 0.717) is 18.5 Å². The molecule has 0 spiro atoms. The van der Waals surface area contributed by atoms with Crippen LogP contribution in [0.2, 0.25) is 0 Å². The Bertz CT molecular complexity index is 434. The topological polar surface area (TPSA) is 69.6 Å². The zero-order chi connectivity index (χ0) is 15.3. The molecule has 0 aliphatic rings. The summed E-state index contributed by atoms with van der Waals surface area (Å²) in [6.45, 7) is 8.16. The Kier molecular flexibility index (Phi) is 5.72. The molecule has 4 heteroatoms. The molecule has 1 amide bonds. The van der Waals surface area contributed by atoms with Gasteiger partial charge in [-0.2, -0.15) is 0 Å². The van der Waals surface area contributed by atoms with Crippen molar-refractivity contribution < 1.29 is 15.0 Å². The van der Waals surface area contributed by atoms with Crippen molar-refractivity contribution in [2.45, 2.75) is 51.7 Å². The molecule has 0 bridgehead atoms. The van der Waals surface area contributed by atoms with Gasteiger partial charge in [-0.3, -0.25) is 4.79 Å². The van der Waals surface area contributed by atoms with E-state index >= 15 is 0 Å². The summed E-state index contributed by atoms with van der Waals surface area (Å²) in [5.41, 5.74) is 1.93. The highest BCUT2D eigenvalue weighted by molar-refractivity contribution is 5.72. The van der Waals surface area contributed by atoms with Gasteiger partial charge >= 0.3 is 0 Å². The van der Waals surface area contributed by atoms with E-state index in [9.17, 15) is 15.0 Å². The number of hydrogen-bond donors (Lipinski definition) is 3. The van der Waals surface area contributed by atoms with Gasteiger partial charge in [0.15, 0.2) is 0 Å². The average molecular weight is 279 g/mol. The van der Waals surface area contributed by atoms with Crippen LogP contribution >= 0.6 is 0 Å². The van der Waals surface area contributed by atoms with Gasteiger partial charge in [-0.25, -0.2) is 0 Å². The van der Waals surface area contributed by atoms with Gasteiger partial charge in [-0.15, -0.1) is 0 Å². The minimum Gasteiger partial charge on any atom is -0.390 e. The van der Waals surface area contributed by atoms with Crippen molar-refractivity contribution in [2.75, 3.05) is 6.54 Å². The van der Waals surface area contributed by atoms with E-state index in [4.69, 9.17) is 0 Å². The van der Waals surface area contributed by atoms with Crippen LogP contribution in [0.15, 0.2) is 24.3 Å². The molecule has 0 aromatic heterocycles. The van der Waals surface area contributed by atoms with E-state index in [2.05, 4.69) is 26.1 Å². The van der Waals surface area contributed by atoms with Crippen molar-refractivity contribution in [3.63, 3.8) is 0 Å². The van der Waals surface area contributed by atoms with Crippen LogP contribution in [0.1, 0.15) is 51.3 Å². The second-order valence-electron chi connectivity index (χ2n) is 6.16. The minimum atomic E-state index is -0.933. The van der Waals surface area contributed by atoms with Gasteiger partial charge in [0.1, 0.15) is 6.10 Å². The predicted octanol–water partition coefficient (Wildman–Crippen LogP) is 1.90. The van der Waals surface area contributed by atoms with Crippen molar-refractivity contribution in [3.05, 3.63) is 35.4 Å². The van der Waals surface area contributed by atoms with E-state index in [1.165, 1.54) is 12.5 Å². The summed E-state index contributed by atoms with van der Waals surface area (Å²) in [5, 5.41) is 22.6. The third-order valence-electron chi connectivity index (χ3n) is 3.30. The number of benzene rings is 1. The van der Waals surface area contributed by atoms with Crippen LogP contribution < -0.4 is 5.32 Å². The maximum Gasteiger partial charge on any atom is 0.216 e. The van der Waals surface area contributed by atoms with Crippen molar-refractivity contribution in [1.82, 2.24) is 5.32 Å². The summed E-state index contributed by atoms with van der Waals surface area (Å²) < 4.78 is 0. The fourth-order valence-corrected chi connectivity index (χ4v) is 1.96. The summed E-state index contributed by atoms with van der Waals surface area (Å²) in [6.07, 6.45) is -1.50. The monoisotopic (exact) mass is 279 g/mol. The summed E-state index contributed by atoms with van der Waals surface area (Å²) in [4.78, 5) is 10.7. The second kappa shape index (κ2) is 6.86. The average Bonchev–Trinajstić information content (AvgIpc) is 2.36. The Labute approximate surface area is 120 Å². The van der Waals surface area contributed by atoms with Gasteiger partial charge in [0.25, 0.3) is 0 Å². The van der Waals surface area contributed by atoms with E-state index in [1.54, 1.807) is 0 Å². The maximum atomic E-state index is 10.7. The van der Waals surface area contributed by atoms with Crippen LogP contribution in [0.5, 0.6) is 0 Å². The zero-order valence-corrected chi connectivity index (χ0v) is 12.7. The summed E-state index contributed by atoms with van der Waals surface area (Å²) in [6, 6.07) is 7.62. The van der Waals surface area contributed by atoms with E-state index in [0.717, 1.165) is 0 Å². The van der Waals surface area contributed by atoms with E-state index in [1.807, 2.05) is 24.3 Å². The van der Waals surface area contributed by atoms with Gasteiger partial charge in [-0.05, 0) is 23.0 Å². The molecule has 0 aliphatic heterocycles. The SMILES string of the molecule is CC(=O)NCCC(O)C(O)c1ccc(C(C)(C)C)cc1. The molecule has 1 rings (SSSR count). The van der Waals surface area contributed by atoms with E-state index in [-0.39, 0.29) is 11.3 Å². The standard InChI is InChI=1S/C16H25NO3/c1-11(18)17-10-9-14(19)15(20)12-5-7-13(8-6-12)16(2,3)4/h5-8,14-15,19-20H,9-10H2,1-4H3,(H,17,18). The molecule has 0 fully saturated rings. The first-order chi connectivity index (χ1) is 9.21. The van der Waals surface area contributed by atoms with Crippen LogP contribution in [0.3, 0.4) is 0 Å². The Hall–Kier alpha value is -1.39. The zero-order valence-electron chi connectivity index (χ0n) is 12.7. The van der Waals surface area contributed by atoms with Gasteiger partial charge in [-0.1, -0.05) is 45.0 Å². The summed E-state index contributed by atoms with van der Waals surface area (Å²) in [5.74, 6) is -0.138. The van der Waals surface area contributed by atoms with Crippen LogP contribution in [0, 0.1) is 0 Å². The molecule has 0 saturated carbocycles. The van der Waals surface area contributed by atoms with Crippen LogP contribution in [0.4, 0.5) is 0 Å². The fourth-order valence-electron chi connectivity index (χ4n) is 1.96. The first-order valence-corrected chi connectivity index (χ1v) is 6.93. The smallest absolute Gasteiger partial charge is 0.216 e. The molecule has 0 saturated heterocycles. The summed E-state index contributed by atoms with van der Waals surface area (Å²) >= 11 is 0. The normalized spacial score (nSPS) is 14.7. The third-order valence-corrected chi connectivity index (χ3v) is 3.30. The molecule has 0 heterocycles. The number of carbonyl (C=O) groups excluding carboxylic acids is 1. The number of aliphatic hydroxyl groups is 2. The molecular formula is C16H25NO3. The van der Waals surface area contributed by atoms with Crippen molar-refractivity contribution in [3.8, 4) is 0 Å². The Morgan fingerprint density at radius 1 is 1.20 bits per heavy atom. The number of rotatable bonds is 5. The molecule has 0 aliphatic carbocycles. The van der Waals surface area contributed by atoms with Crippen molar-refractivity contribution in [1.29, 1.82) is 0 Å². The third kappa shape index (κ3) is 4.94. The van der Waals surface area contributed by atoms with Crippen LogP contribution in [0.25, 0.3) is 0 Å². The molecule has 2 atom stereocenters. The highest BCUT2D eigenvalue weighted by atomic mass is 16.3. The molecule has 1 aromatic carbocycles. The van der Waals surface area contributed by atoms with Crippen molar-refractivity contribution in [2.24, 2.45) is 0 Å². The first-order valence-electron chi connectivity index (χ1n) is 6.93. The second-order valence-corrected chi connectivity index (χ2v) is 6.16. The van der Waals surface area contributed by atoms with Gasteiger partial charge in [0, 0.05) is 13.5 Å². The molecule has 2 unspecified atom stereocenters. The fraction of sp³-hybridized carbons (Fsp3) is 0.562. The summed E-state index contributed by atoms with van der Waals surface area (Å²) in [7, 11) is 0. The Morgan fingerprint density at radius 2 is 1.75 bits per heavy atom. The lowest BCUT2D eigenvalue weighted by atomic mass is 9.86. The number of carbonyl (C=O) groups is 1. The molecule has 112 valence electrons. The lowest BCUT2D eigenvalue weighted by molar-refractivity contribution is -0.119. The Balaban J connectivity index is 2.62. The van der Waals surface area contributed by atoms with Crippen molar-refractivity contribution >= 4 is 5.91 Å². The largest absolute Gasteiger partial charge is 0.390 e. The number of hydrogen-bond acceptors (Lipinski definition) is 3. The Morgan fingerprint density at radius 3 is 2.20 bits per heavy atom. The molecule has 0 radical (unpaired) electrons. The number of aliphatic hydroxyl groups excluding tert-OH is 2. The molecule has 3 N–H and O–H groups in total. The molecule has 1 aromatic rings. The molecule has 4 nitrogen and oxygen atoms in total. The number of amides is 1. The lowest BCUT2D eigenvalue weighted by Crippen LogP contribution is -2.27. The van der Waals surface area contributed by atoms with Crippen LogP contribution in [-0.4, -0.2) is 28.8 Å². The highest BCUT2D eigenvalue weighted by Gasteiger charge is 2.19. The van der Waals surface area contributed by atoms with Gasteiger partial charge in [0.05, 0.1) is 6.10 Å². The maximum absolute atomic E-state index is 10.7. The number of nitrogens with one attached hydrogen (secondary N) is 1.